The zero-order valence-electron chi connectivity index (χ0n) is 19.6. The van der Waals surface area contributed by atoms with Gasteiger partial charge in [-0.05, 0) is 48.9 Å². The van der Waals surface area contributed by atoms with Gasteiger partial charge in [-0.15, -0.1) is 0 Å². The van der Waals surface area contributed by atoms with E-state index in [1.807, 2.05) is 101 Å². The maximum Gasteiger partial charge on any atom is 0.227 e. The maximum atomic E-state index is 14.0. The Morgan fingerprint density at radius 2 is 1.36 bits per heavy atom. The second-order valence-electron chi connectivity index (χ2n) is 8.69. The van der Waals surface area contributed by atoms with Crippen molar-refractivity contribution in [2.24, 2.45) is 0 Å². The summed E-state index contributed by atoms with van der Waals surface area (Å²) in [6.45, 7) is 1.93. The monoisotopic (exact) mass is 489 g/mol. The number of hydrogen-bond acceptors (Lipinski definition) is 3. The van der Waals surface area contributed by atoms with Crippen LogP contribution in [0.2, 0.25) is 0 Å². The Morgan fingerprint density at radius 1 is 0.722 bits per heavy atom. The quantitative estimate of drug-likeness (QED) is 0.273. The van der Waals surface area contributed by atoms with Crippen molar-refractivity contribution >= 4 is 20.7 Å². The van der Waals surface area contributed by atoms with Crippen molar-refractivity contribution in [3.8, 4) is 22.8 Å². The fraction of sp³-hybridized carbons (Fsp3) is 0.0333. The summed E-state index contributed by atoms with van der Waals surface area (Å²) < 4.78 is 31.9. The van der Waals surface area contributed by atoms with Crippen LogP contribution in [0, 0.1) is 6.92 Å². The van der Waals surface area contributed by atoms with Crippen molar-refractivity contribution in [3.05, 3.63) is 127 Å². The van der Waals surface area contributed by atoms with E-state index in [0.29, 0.717) is 5.82 Å². The van der Waals surface area contributed by atoms with E-state index < -0.39 is 9.84 Å². The molecule has 0 aliphatic heterocycles. The first-order valence-corrected chi connectivity index (χ1v) is 13.1. The summed E-state index contributed by atoms with van der Waals surface area (Å²) in [7, 11) is -3.92. The molecule has 2 heterocycles. The molecule has 6 aromatic rings. The molecule has 5 nitrogen and oxygen atoms in total. The van der Waals surface area contributed by atoms with E-state index in [-0.39, 0.29) is 9.92 Å². The topological polar surface area (TPSA) is 56.9 Å². The molecule has 2 aromatic heterocycles. The van der Waals surface area contributed by atoms with E-state index in [1.54, 1.807) is 30.6 Å². The summed E-state index contributed by atoms with van der Waals surface area (Å²) in [5.41, 5.74) is 4.58. The van der Waals surface area contributed by atoms with Gasteiger partial charge in [0.2, 0.25) is 14.9 Å². The highest BCUT2D eigenvalue weighted by Crippen LogP contribution is 2.36. The fourth-order valence-corrected chi connectivity index (χ4v) is 5.86. The standard InChI is InChI=1S/C30H23N3O2S/c1-22-16-18-26(19-17-22)36(34,35)29-30(32(21-31-29)25-13-6-3-7-14-25)33-27-15-9-8-12-24(27)20-28(33)23-10-4-2-5-11-23/h2-21H,1H3. The van der Waals surface area contributed by atoms with Crippen molar-refractivity contribution in [2.75, 3.05) is 0 Å². The predicted octanol–water partition coefficient (Wildman–Crippen LogP) is 6.62. The van der Waals surface area contributed by atoms with Crippen LogP contribution >= 0.6 is 0 Å². The average molecular weight is 490 g/mol. The van der Waals surface area contributed by atoms with Crippen molar-refractivity contribution < 1.29 is 8.42 Å². The number of para-hydroxylation sites is 2. The molecule has 0 fully saturated rings. The van der Waals surface area contributed by atoms with Crippen LogP contribution < -0.4 is 0 Å². The lowest BCUT2D eigenvalue weighted by Crippen LogP contribution is -2.11. The average Bonchev–Trinajstić information content (AvgIpc) is 3.52. The Morgan fingerprint density at radius 3 is 2.08 bits per heavy atom. The number of aryl methyl sites for hydroxylation is 1. The lowest BCUT2D eigenvalue weighted by Gasteiger charge is -2.16. The number of benzene rings is 4. The Labute approximate surface area is 209 Å². The highest BCUT2D eigenvalue weighted by Gasteiger charge is 2.30. The van der Waals surface area contributed by atoms with E-state index in [2.05, 4.69) is 11.1 Å². The van der Waals surface area contributed by atoms with Gasteiger partial charge in [-0.3, -0.25) is 9.13 Å². The zero-order valence-corrected chi connectivity index (χ0v) is 20.4. The molecule has 6 heteroatoms. The molecule has 0 spiro atoms. The third-order valence-corrected chi connectivity index (χ3v) is 8.01. The summed E-state index contributed by atoms with van der Waals surface area (Å²) in [5, 5.41) is 1.02. The van der Waals surface area contributed by atoms with Crippen LogP contribution in [0.15, 0.2) is 132 Å². The molecule has 6 rings (SSSR count). The minimum Gasteiger partial charge on any atom is -0.292 e. The second-order valence-corrected chi connectivity index (χ2v) is 10.6. The summed E-state index contributed by atoms with van der Waals surface area (Å²) in [5.74, 6) is 0.474. The van der Waals surface area contributed by atoms with Crippen LogP contribution in [0.1, 0.15) is 5.56 Å². The van der Waals surface area contributed by atoms with E-state index >= 15 is 0 Å². The second kappa shape index (κ2) is 8.66. The van der Waals surface area contributed by atoms with E-state index in [4.69, 9.17) is 0 Å². The van der Waals surface area contributed by atoms with Crippen LogP contribution in [-0.4, -0.2) is 22.5 Å². The van der Waals surface area contributed by atoms with Gasteiger partial charge in [-0.2, -0.15) is 0 Å². The SMILES string of the molecule is Cc1ccc(S(=O)(=O)c2ncn(-c3ccccc3)c2-n2c(-c3ccccc3)cc3ccccc32)cc1. The van der Waals surface area contributed by atoms with Gasteiger partial charge in [0.05, 0.1) is 16.1 Å². The van der Waals surface area contributed by atoms with E-state index in [1.165, 1.54) is 0 Å². The van der Waals surface area contributed by atoms with Crippen LogP contribution in [0.25, 0.3) is 33.7 Å². The first-order valence-electron chi connectivity index (χ1n) is 11.6. The minimum atomic E-state index is -3.92. The summed E-state index contributed by atoms with van der Waals surface area (Å²) in [6.07, 6.45) is 1.59. The molecule has 36 heavy (non-hydrogen) atoms. The number of hydrogen-bond donors (Lipinski definition) is 0. The van der Waals surface area contributed by atoms with Crippen molar-refractivity contribution in [2.45, 2.75) is 16.8 Å². The van der Waals surface area contributed by atoms with Gasteiger partial charge in [0.15, 0.2) is 5.82 Å². The maximum absolute atomic E-state index is 14.0. The summed E-state index contributed by atoms with van der Waals surface area (Å²) in [6, 6.07) is 36.7. The van der Waals surface area contributed by atoms with Gasteiger partial charge in [-0.25, -0.2) is 13.4 Å². The molecule has 176 valence electrons. The largest absolute Gasteiger partial charge is 0.292 e. The first kappa shape index (κ1) is 22.1. The molecule has 0 N–H and O–H groups in total. The molecule has 0 aliphatic carbocycles. The Bertz CT molecular complexity index is 1780. The zero-order chi connectivity index (χ0) is 24.7. The van der Waals surface area contributed by atoms with Gasteiger partial charge in [-0.1, -0.05) is 84.4 Å². The number of fused-ring (bicyclic) bond motifs is 1. The Kier molecular flexibility index (Phi) is 5.31. The van der Waals surface area contributed by atoms with Crippen molar-refractivity contribution in [1.82, 2.24) is 14.1 Å². The molecule has 4 aromatic carbocycles. The number of nitrogens with zero attached hydrogens (tertiary/aromatic N) is 3. The van der Waals surface area contributed by atoms with Crippen LogP contribution in [0.5, 0.6) is 0 Å². The third kappa shape index (κ3) is 3.63. The number of sulfone groups is 1. The third-order valence-electron chi connectivity index (χ3n) is 6.32. The molecule has 0 bridgehead atoms. The Hall–Kier alpha value is -4.42. The highest BCUT2D eigenvalue weighted by molar-refractivity contribution is 7.91. The lowest BCUT2D eigenvalue weighted by atomic mass is 10.1. The first-order chi connectivity index (χ1) is 17.5. The van der Waals surface area contributed by atoms with Crippen LogP contribution in [-0.2, 0) is 9.84 Å². The molecule has 0 atom stereocenters. The number of imidazole rings is 1. The lowest BCUT2D eigenvalue weighted by molar-refractivity contribution is 0.592. The van der Waals surface area contributed by atoms with E-state index in [9.17, 15) is 8.42 Å². The molecular weight excluding hydrogens is 466 g/mol. The van der Waals surface area contributed by atoms with Crippen molar-refractivity contribution in [3.63, 3.8) is 0 Å². The van der Waals surface area contributed by atoms with Gasteiger partial charge in [0.1, 0.15) is 6.33 Å². The number of aromatic nitrogens is 3. The van der Waals surface area contributed by atoms with E-state index in [0.717, 1.165) is 33.4 Å². The number of rotatable bonds is 5. The predicted molar refractivity (Wildman–Crippen MR) is 142 cm³/mol. The van der Waals surface area contributed by atoms with Crippen LogP contribution in [0.4, 0.5) is 0 Å². The fourth-order valence-electron chi connectivity index (χ4n) is 4.53. The smallest absolute Gasteiger partial charge is 0.227 e. The molecule has 0 unspecified atom stereocenters. The molecule has 0 amide bonds. The molecule has 0 radical (unpaired) electrons. The Balaban J connectivity index is 1.72. The van der Waals surface area contributed by atoms with Gasteiger partial charge in [0.25, 0.3) is 0 Å². The highest BCUT2D eigenvalue weighted by atomic mass is 32.2. The summed E-state index contributed by atoms with van der Waals surface area (Å²) in [4.78, 5) is 4.73. The molecule has 0 saturated heterocycles. The van der Waals surface area contributed by atoms with Gasteiger partial charge < -0.3 is 0 Å². The van der Waals surface area contributed by atoms with Crippen molar-refractivity contribution in [1.29, 1.82) is 0 Å². The molecule has 0 aliphatic rings. The van der Waals surface area contributed by atoms with Gasteiger partial charge in [0, 0.05) is 11.1 Å². The normalized spacial score (nSPS) is 11.7. The van der Waals surface area contributed by atoms with Gasteiger partial charge >= 0.3 is 0 Å². The molecule has 0 saturated carbocycles. The minimum absolute atomic E-state index is 0.00809. The summed E-state index contributed by atoms with van der Waals surface area (Å²) >= 11 is 0. The van der Waals surface area contributed by atoms with Crippen LogP contribution in [0.3, 0.4) is 0 Å². The molecular formula is C30H23N3O2S.